The van der Waals surface area contributed by atoms with Gasteiger partial charge in [-0.1, -0.05) is 22.0 Å². The van der Waals surface area contributed by atoms with Crippen LogP contribution >= 0.6 is 15.9 Å². The van der Waals surface area contributed by atoms with E-state index in [1.54, 1.807) is 0 Å². The van der Waals surface area contributed by atoms with Gasteiger partial charge in [-0.2, -0.15) is 5.10 Å². The van der Waals surface area contributed by atoms with E-state index < -0.39 is 0 Å². The Balaban J connectivity index is 2.04. The Bertz CT molecular complexity index is 532. The summed E-state index contributed by atoms with van der Waals surface area (Å²) in [6.07, 6.45) is 4.01. The highest BCUT2D eigenvalue weighted by molar-refractivity contribution is 9.10. The van der Waals surface area contributed by atoms with Gasteiger partial charge in [-0.05, 0) is 38.5 Å². The maximum Gasteiger partial charge on any atom is 0.0539 e. The van der Waals surface area contributed by atoms with Gasteiger partial charge >= 0.3 is 0 Å². The maximum atomic E-state index is 4.34. The van der Waals surface area contributed by atoms with Gasteiger partial charge in [-0.25, -0.2) is 0 Å². The summed E-state index contributed by atoms with van der Waals surface area (Å²) in [7, 11) is 0. The first-order valence-electron chi connectivity index (χ1n) is 6.09. The zero-order valence-electron chi connectivity index (χ0n) is 10.9. The van der Waals surface area contributed by atoms with Crippen molar-refractivity contribution in [3.8, 4) is 0 Å². The van der Waals surface area contributed by atoms with Gasteiger partial charge in [-0.3, -0.25) is 4.68 Å². The second-order valence-corrected chi connectivity index (χ2v) is 5.65. The first-order chi connectivity index (χ1) is 8.56. The van der Waals surface area contributed by atoms with Gasteiger partial charge in [0, 0.05) is 34.5 Å². The Hall–Kier alpha value is -1.29. The van der Waals surface area contributed by atoms with Crippen molar-refractivity contribution in [2.75, 3.05) is 5.32 Å². The molecule has 0 radical (unpaired) electrons. The standard InChI is InChI=1S/C14H18BrN3/c1-10(2)18-9-12(8-17-18)7-16-14-6-13(15)5-4-11(14)3/h4-6,8-10,16H,7H2,1-3H3. The summed E-state index contributed by atoms with van der Waals surface area (Å²) in [5.41, 5.74) is 3.60. The Morgan fingerprint density at radius 2 is 2.17 bits per heavy atom. The largest absolute Gasteiger partial charge is 0.381 e. The third-order valence-electron chi connectivity index (χ3n) is 2.87. The van der Waals surface area contributed by atoms with Crippen LogP contribution in [0.3, 0.4) is 0 Å². The number of nitrogens with one attached hydrogen (secondary N) is 1. The van der Waals surface area contributed by atoms with Crippen molar-refractivity contribution in [1.29, 1.82) is 0 Å². The van der Waals surface area contributed by atoms with Crippen LogP contribution in [0.5, 0.6) is 0 Å². The maximum absolute atomic E-state index is 4.34. The zero-order chi connectivity index (χ0) is 13.1. The van der Waals surface area contributed by atoms with Crippen LogP contribution in [0, 0.1) is 6.92 Å². The van der Waals surface area contributed by atoms with Crippen LogP contribution in [0.4, 0.5) is 5.69 Å². The lowest BCUT2D eigenvalue weighted by molar-refractivity contribution is 0.532. The van der Waals surface area contributed by atoms with Crippen LogP contribution in [-0.2, 0) is 6.54 Å². The highest BCUT2D eigenvalue weighted by Gasteiger charge is 2.03. The van der Waals surface area contributed by atoms with Crippen molar-refractivity contribution < 1.29 is 0 Å². The first-order valence-corrected chi connectivity index (χ1v) is 6.88. The average molecular weight is 308 g/mol. The van der Waals surface area contributed by atoms with Crippen molar-refractivity contribution in [1.82, 2.24) is 9.78 Å². The molecule has 0 aliphatic carbocycles. The van der Waals surface area contributed by atoms with Gasteiger partial charge in [0.25, 0.3) is 0 Å². The third-order valence-corrected chi connectivity index (χ3v) is 3.36. The molecule has 1 heterocycles. The number of rotatable bonds is 4. The normalized spacial score (nSPS) is 10.9. The number of aryl methyl sites for hydroxylation is 1. The summed E-state index contributed by atoms with van der Waals surface area (Å²) in [5.74, 6) is 0. The molecule has 2 aromatic rings. The Morgan fingerprint density at radius 3 is 2.83 bits per heavy atom. The van der Waals surface area contributed by atoms with Gasteiger partial charge in [0.2, 0.25) is 0 Å². The molecule has 0 aliphatic rings. The summed E-state index contributed by atoms with van der Waals surface area (Å²) >= 11 is 3.49. The quantitative estimate of drug-likeness (QED) is 0.919. The van der Waals surface area contributed by atoms with E-state index in [2.05, 4.69) is 71.5 Å². The van der Waals surface area contributed by atoms with Gasteiger partial charge in [0.1, 0.15) is 0 Å². The molecule has 0 fully saturated rings. The summed E-state index contributed by atoms with van der Waals surface area (Å²) in [6.45, 7) is 7.15. The zero-order valence-corrected chi connectivity index (χ0v) is 12.5. The minimum absolute atomic E-state index is 0.409. The van der Waals surface area contributed by atoms with Gasteiger partial charge in [-0.15, -0.1) is 0 Å². The molecule has 0 bridgehead atoms. The highest BCUT2D eigenvalue weighted by Crippen LogP contribution is 2.21. The van der Waals surface area contributed by atoms with Crippen LogP contribution in [0.25, 0.3) is 0 Å². The van der Waals surface area contributed by atoms with Gasteiger partial charge in [0.15, 0.2) is 0 Å². The molecule has 0 unspecified atom stereocenters. The molecule has 18 heavy (non-hydrogen) atoms. The molecule has 96 valence electrons. The number of hydrogen-bond acceptors (Lipinski definition) is 2. The van der Waals surface area contributed by atoms with Gasteiger partial charge < -0.3 is 5.32 Å². The van der Waals surface area contributed by atoms with Crippen molar-refractivity contribution in [3.63, 3.8) is 0 Å². The highest BCUT2D eigenvalue weighted by atomic mass is 79.9. The van der Waals surface area contributed by atoms with Crippen LogP contribution < -0.4 is 5.32 Å². The topological polar surface area (TPSA) is 29.9 Å². The van der Waals surface area contributed by atoms with E-state index in [1.807, 2.05) is 10.9 Å². The summed E-state index contributed by atoms with van der Waals surface area (Å²) in [5, 5.41) is 7.77. The molecule has 0 amide bonds. The van der Waals surface area contributed by atoms with Crippen LogP contribution in [0.1, 0.15) is 31.0 Å². The molecule has 1 aromatic heterocycles. The summed E-state index contributed by atoms with van der Waals surface area (Å²) in [4.78, 5) is 0. The lowest BCUT2D eigenvalue weighted by Gasteiger charge is -2.09. The molecule has 2 rings (SSSR count). The van der Waals surface area contributed by atoms with E-state index in [9.17, 15) is 0 Å². The van der Waals surface area contributed by atoms with Gasteiger partial charge in [0.05, 0.1) is 6.20 Å². The lowest BCUT2D eigenvalue weighted by atomic mass is 10.2. The predicted molar refractivity (Wildman–Crippen MR) is 78.8 cm³/mol. The Morgan fingerprint density at radius 1 is 1.39 bits per heavy atom. The molecule has 0 saturated heterocycles. The molecule has 4 heteroatoms. The third kappa shape index (κ3) is 3.13. The second-order valence-electron chi connectivity index (χ2n) is 4.74. The smallest absolute Gasteiger partial charge is 0.0539 e. The van der Waals surface area contributed by atoms with Crippen LogP contribution in [0.2, 0.25) is 0 Å². The SMILES string of the molecule is Cc1ccc(Br)cc1NCc1cnn(C(C)C)c1. The fourth-order valence-electron chi connectivity index (χ4n) is 1.73. The number of aromatic nitrogens is 2. The summed E-state index contributed by atoms with van der Waals surface area (Å²) < 4.78 is 3.07. The van der Waals surface area contributed by atoms with E-state index in [0.29, 0.717) is 6.04 Å². The molecule has 1 N–H and O–H groups in total. The summed E-state index contributed by atoms with van der Waals surface area (Å²) in [6, 6.07) is 6.66. The number of nitrogens with zero attached hydrogens (tertiary/aromatic N) is 2. The second kappa shape index (κ2) is 5.57. The lowest BCUT2D eigenvalue weighted by Crippen LogP contribution is -2.02. The van der Waals surface area contributed by atoms with E-state index >= 15 is 0 Å². The molecule has 3 nitrogen and oxygen atoms in total. The fraction of sp³-hybridized carbons (Fsp3) is 0.357. The molecule has 0 saturated carbocycles. The number of benzene rings is 1. The van der Waals surface area contributed by atoms with Crippen LogP contribution in [-0.4, -0.2) is 9.78 Å². The predicted octanol–water partition coefficient (Wildman–Crippen LogP) is 4.15. The first kappa shape index (κ1) is 13.1. The van der Waals surface area contributed by atoms with E-state index in [1.165, 1.54) is 11.1 Å². The number of halogens is 1. The molecular formula is C14H18BrN3. The van der Waals surface area contributed by atoms with Crippen molar-refractivity contribution in [3.05, 3.63) is 46.2 Å². The Kier molecular flexibility index (Phi) is 4.07. The molecular weight excluding hydrogens is 290 g/mol. The molecule has 0 aliphatic heterocycles. The number of hydrogen-bond donors (Lipinski definition) is 1. The van der Waals surface area contributed by atoms with Crippen molar-refractivity contribution in [2.24, 2.45) is 0 Å². The van der Waals surface area contributed by atoms with E-state index in [-0.39, 0.29) is 0 Å². The van der Waals surface area contributed by atoms with E-state index in [0.717, 1.165) is 16.7 Å². The van der Waals surface area contributed by atoms with E-state index in [4.69, 9.17) is 0 Å². The minimum Gasteiger partial charge on any atom is -0.381 e. The van der Waals surface area contributed by atoms with Crippen molar-refractivity contribution >= 4 is 21.6 Å². The minimum atomic E-state index is 0.409. The number of anilines is 1. The monoisotopic (exact) mass is 307 g/mol. The molecule has 1 aromatic carbocycles. The van der Waals surface area contributed by atoms with Crippen molar-refractivity contribution in [2.45, 2.75) is 33.4 Å². The van der Waals surface area contributed by atoms with Crippen LogP contribution in [0.15, 0.2) is 35.1 Å². The Labute approximate surface area is 116 Å². The molecule has 0 spiro atoms. The average Bonchev–Trinajstić information content (AvgIpc) is 2.79. The molecule has 0 atom stereocenters. The fourth-order valence-corrected chi connectivity index (χ4v) is 2.09.